The number of carbonyl (C=O) groups excluding carboxylic acids is 1. The molecule has 3 heterocycles. The highest BCUT2D eigenvalue weighted by molar-refractivity contribution is 5.76. The van der Waals surface area contributed by atoms with Crippen molar-refractivity contribution in [3.63, 3.8) is 0 Å². The Morgan fingerprint density at radius 2 is 2.31 bits per heavy atom. The molecule has 8 heteroatoms. The first-order chi connectivity index (χ1) is 12.5. The Kier molecular flexibility index (Phi) is 6.05. The molecule has 0 saturated carbocycles. The zero-order valence-corrected chi connectivity index (χ0v) is 15.5. The van der Waals surface area contributed by atoms with E-state index in [4.69, 9.17) is 14.0 Å². The molecule has 0 unspecified atom stereocenters. The second-order valence-corrected chi connectivity index (χ2v) is 6.71. The maximum atomic E-state index is 12.3. The second-order valence-electron chi connectivity index (χ2n) is 6.71. The summed E-state index contributed by atoms with van der Waals surface area (Å²) in [5, 5.41) is 11.1. The van der Waals surface area contributed by atoms with Gasteiger partial charge in [-0.25, -0.2) is 0 Å². The lowest BCUT2D eigenvalue weighted by Crippen LogP contribution is -2.50. The fourth-order valence-corrected chi connectivity index (χ4v) is 3.09. The first kappa shape index (κ1) is 18.6. The van der Waals surface area contributed by atoms with Crippen LogP contribution >= 0.6 is 0 Å². The van der Waals surface area contributed by atoms with E-state index < -0.39 is 0 Å². The van der Waals surface area contributed by atoms with E-state index in [9.17, 15) is 4.79 Å². The molecule has 0 bridgehead atoms. The highest BCUT2D eigenvalue weighted by Gasteiger charge is 2.28. The number of ether oxygens (including phenoxy) is 2. The molecule has 0 aliphatic carbocycles. The van der Waals surface area contributed by atoms with Gasteiger partial charge in [-0.1, -0.05) is 5.16 Å². The van der Waals surface area contributed by atoms with Crippen LogP contribution in [0.5, 0.6) is 0 Å². The maximum Gasteiger partial charge on any atom is 0.220 e. The Hall–Kier alpha value is -2.19. The minimum absolute atomic E-state index is 0.00436. The third-order valence-electron chi connectivity index (χ3n) is 4.66. The van der Waals surface area contributed by atoms with Crippen molar-refractivity contribution in [3.8, 4) is 0 Å². The van der Waals surface area contributed by atoms with Crippen LogP contribution in [0.4, 0.5) is 0 Å². The van der Waals surface area contributed by atoms with Crippen molar-refractivity contribution in [3.05, 3.63) is 35.0 Å². The normalized spacial score (nSPS) is 20.3. The van der Waals surface area contributed by atoms with Crippen molar-refractivity contribution < 1.29 is 18.8 Å². The third-order valence-corrected chi connectivity index (χ3v) is 4.66. The van der Waals surface area contributed by atoms with Gasteiger partial charge >= 0.3 is 0 Å². The molecule has 8 nitrogen and oxygen atoms in total. The third kappa shape index (κ3) is 4.70. The molecule has 1 aliphatic rings. The molecule has 2 atom stereocenters. The van der Waals surface area contributed by atoms with Crippen LogP contribution in [0.25, 0.3) is 0 Å². The minimum Gasteiger partial charge on any atom is -0.379 e. The van der Waals surface area contributed by atoms with Gasteiger partial charge in [0.25, 0.3) is 0 Å². The highest BCUT2D eigenvalue weighted by Crippen LogP contribution is 2.18. The topological polar surface area (TPSA) is 91.4 Å². The Morgan fingerprint density at radius 3 is 3.00 bits per heavy atom. The second kappa shape index (κ2) is 8.46. The van der Waals surface area contributed by atoms with Crippen molar-refractivity contribution in [2.75, 3.05) is 13.2 Å². The lowest BCUT2D eigenvalue weighted by atomic mass is 10.1. The fraction of sp³-hybridized carbons (Fsp3) is 0.611. The van der Waals surface area contributed by atoms with Crippen LogP contribution in [0.2, 0.25) is 0 Å². The molecule has 0 spiro atoms. The molecule has 2 aromatic rings. The Morgan fingerprint density at radius 1 is 1.46 bits per heavy atom. The average molecular weight is 362 g/mol. The molecule has 1 N–H and O–H groups in total. The van der Waals surface area contributed by atoms with Crippen LogP contribution in [-0.2, 0) is 34.3 Å². The molecule has 142 valence electrons. The summed E-state index contributed by atoms with van der Waals surface area (Å²) in [5.74, 6) is 0.766. The van der Waals surface area contributed by atoms with Crippen molar-refractivity contribution >= 4 is 5.91 Å². The van der Waals surface area contributed by atoms with E-state index in [0.717, 1.165) is 29.0 Å². The number of rotatable bonds is 7. The first-order valence-corrected chi connectivity index (χ1v) is 8.91. The zero-order chi connectivity index (χ0) is 18.5. The van der Waals surface area contributed by atoms with E-state index in [1.165, 1.54) is 0 Å². The highest BCUT2D eigenvalue weighted by atomic mass is 16.5. The van der Waals surface area contributed by atoms with E-state index in [1.807, 2.05) is 27.1 Å². The fourth-order valence-electron chi connectivity index (χ4n) is 3.09. The van der Waals surface area contributed by atoms with E-state index >= 15 is 0 Å². The van der Waals surface area contributed by atoms with E-state index in [2.05, 4.69) is 15.6 Å². The molecular formula is C18H26N4O4. The van der Waals surface area contributed by atoms with Crippen molar-refractivity contribution in [1.82, 2.24) is 20.3 Å². The molecule has 2 aromatic heterocycles. The number of hydrogen-bond donors (Lipinski definition) is 1. The van der Waals surface area contributed by atoms with Gasteiger partial charge in [0.2, 0.25) is 5.91 Å². The quantitative estimate of drug-likeness (QED) is 0.802. The SMILES string of the molecule is Cc1noc(C)c1CO[C@H]1CCOC[C@H]1NC(=O)CCc1cnn(C)c1. The number of aryl methyl sites for hydroxylation is 4. The molecule has 1 fully saturated rings. The van der Waals surface area contributed by atoms with Gasteiger partial charge in [-0.05, 0) is 32.3 Å². The molecule has 1 saturated heterocycles. The van der Waals surface area contributed by atoms with Gasteiger partial charge in [0.1, 0.15) is 5.76 Å². The minimum atomic E-state index is -0.148. The largest absolute Gasteiger partial charge is 0.379 e. The summed E-state index contributed by atoms with van der Waals surface area (Å²) in [4.78, 5) is 12.3. The Labute approximate surface area is 152 Å². The van der Waals surface area contributed by atoms with Crippen molar-refractivity contribution in [2.45, 2.75) is 51.9 Å². The summed E-state index contributed by atoms with van der Waals surface area (Å²) in [6.45, 7) is 5.30. The van der Waals surface area contributed by atoms with E-state index in [0.29, 0.717) is 32.7 Å². The summed E-state index contributed by atoms with van der Waals surface area (Å²) >= 11 is 0. The van der Waals surface area contributed by atoms with Crippen molar-refractivity contribution in [1.29, 1.82) is 0 Å². The average Bonchev–Trinajstić information content (AvgIpc) is 3.18. The summed E-state index contributed by atoms with van der Waals surface area (Å²) in [7, 11) is 1.86. The number of amides is 1. The molecule has 26 heavy (non-hydrogen) atoms. The number of hydrogen-bond acceptors (Lipinski definition) is 6. The lowest BCUT2D eigenvalue weighted by Gasteiger charge is -2.32. The Balaban J connectivity index is 1.50. The van der Waals surface area contributed by atoms with Crippen LogP contribution in [0.15, 0.2) is 16.9 Å². The van der Waals surface area contributed by atoms with Gasteiger partial charge < -0.3 is 19.3 Å². The first-order valence-electron chi connectivity index (χ1n) is 8.91. The van der Waals surface area contributed by atoms with E-state index in [1.54, 1.807) is 10.9 Å². The van der Waals surface area contributed by atoms with Gasteiger partial charge in [-0.3, -0.25) is 9.48 Å². The smallest absolute Gasteiger partial charge is 0.220 e. The molecule has 0 aromatic carbocycles. The number of nitrogens with zero attached hydrogens (tertiary/aromatic N) is 3. The van der Waals surface area contributed by atoms with Crippen molar-refractivity contribution in [2.24, 2.45) is 7.05 Å². The van der Waals surface area contributed by atoms with Crippen LogP contribution < -0.4 is 5.32 Å². The number of aromatic nitrogens is 3. The summed E-state index contributed by atoms with van der Waals surface area (Å²) < 4.78 is 18.5. The van der Waals surface area contributed by atoms with Crippen LogP contribution in [0.1, 0.15) is 35.4 Å². The molecule has 1 aliphatic heterocycles. The molecule has 0 radical (unpaired) electrons. The predicted octanol–water partition coefficient (Wildman–Crippen LogP) is 1.45. The summed E-state index contributed by atoms with van der Waals surface area (Å²) in [5.41, 5.74) is 2.86. The molecular weight excluding hydrogens is 336 g/mol. The molecule has 1 amide bonds. The molecule has 3 rings (SSSR count). The van der Waals surface area contributed by atoms with Crippen LogP contribution in [-0.4, -0.2) is 46.2 Å². The van der Waals surface area contributed by atoms with Gasteiger partial charge in [0, 0.05) is 31.8 Å². The standard InChI is InChI=1S/C18H26N4O4/c1-12-15(13(2)26-21-12)10-25-17-6-7-24-11-16(17)20-18(23)5-4-14-8-19-22(3)9-14/h8-9,16-17H,4-7,10-11H2,1-3H3,(H,20,23)/t16-,17+/m1/s1. The zero-order valence-electron chi connectivity index (χ0n) is 15.5. The van der Waals surface area contributed by atoms with Gasteiger partial charge in [-0.15, -0.1) is 0 Å². The van der Waals surface area contributed by atoms with E-state index in [-0.39, 0.29) is 18.1 Å². The lowest BCUT2D eigenvalue weighted by molar-refractivity contribution is -0.126. The van der Waals surface area contributed by atoms with Gasteiger partial charge in [0.15, 0.2) is 0 Å². The summed E-state index contributed by atoms with van der Waals surface area (Å²) in [6, 6.07) is -0.148. The van der Waals surface area contributed by atoms with Gasteiger partial charge in [-0.2, -0.15) is 5.10 Å². The maximum absolute atomic E-state index is 12.3. The van der Waals surface area contributed by atoms with Gasteiger partial charge in [0.05, 0.1) is 37.3 Å². The predicted molar refractivity (Wildman–Crippen MR) is 93.4 cm³/mol. The van der Waals surface area contributed by atoms with Crippen LogP contribution in [0.3, 0.4) is 0 Å². The number of nitrogens with one attached hydrogen (secondary N) is 1. The van der Waals surface area contributed by atoms with Crippen LogP contribution in [0, 0.1) is 13.8 Å². The number of carbonyl (C=O) groups is 1. The summed E-state index contributed by atoms with van der Waals surface area (Å²) in [6.07, 6.45) is 5.45. The monoisotopic (exact) mass is 362 g/mol. The Bertz CT molecular complexity index is 720.